The topological polar surface area (TPSA) is 29.9 Å². The molecule has 0 spiro atoms. The highest BCUT2D eigenvalue weighted by atomic mass is 32.1. The van der Waals surface area contributed by atoms with Gasteiger partial charge in [-0.25, -0.2) is 0 Å². The molecule has 2 aromatic heterocycles. The Labute approximate surface area is 100 Å². The third-order valence-corrected chi connectivity index (χ3v) is 3.73. The molecule has 0 amide bonds. The minimum absolute atomic E-state index is 0.384. The highest BCUT2D eigenvalue weighted by Gasteiger charge is 2.13. The SMILES string of the molecule is CNC(Cc1cc(C)nn1C)c1cccs1. The van der Waals surface area contributed by atoms with E-state index in [0.29, 0.717) is 6.04 Å². The molecule has 2 aromatic rings. The van der Waals surface area contributed by atoms with Gasteiger partial charge in [0.15, 0.2) is 0 Å². The van der Waals surface area contributed by atoms with Crippen LogP contribution in [0.15, 0.2) is 23.6 Å². The van der Waals surface area contributed by atoms with Crippen LogP contribution in [0.2, 0.25) is 0 Å². The van der Waals surface area contributed by atoms with E-state index in [-0.39, 0.29) is 0 Å². The van der Waals surface area contributed by atoms with Crippen LogP contribution in [0.25, 0.3) is 0 Å². The molecule has 0 saturated heterocycles. The van der Waals surface area contributed by atoms with Crippen molar-refractivity contribution in [2.75, 3.05) is 7.05 Å². The normalized spacial score (nSPS) is 12.9. The molecule has 1 atom stereocenters. The summed E-state index contributed by atoms with van der Waals surface area (Å²) in [5, 5.41) is 9.85. The zero-order valence-electron chi connectivity index (χ0n) is 9.90. The highest BCUT2D eigenvalue weighted by Crippen LogP contribution is 2.22. The first-order valence-electron chi connectivity index (χ1n) is 5.41. The molecule has 0 radical (unpaired) electrons. The minimum atomic E-state index is 0.384. The lowest BCUT2D eigenvalue weighted by atomic mass is 10.1. The molecule has 0 aliphatic carbocycles. The van der Waals surface area contributed by atoms with Crippen LogP contribution in [-0.2, 0) is 13.5 Å². The average Bonchev–Trinajstić information content (AvgIpc) is 2.85. The molecule has 2 heterocycles. The molecule has 1 N–H and O–H groups in total. The molecule has 3 nitrogen and oxygen atoms in total. The van der Waals surface area contributed by atoms with E-state index in [1.54, 1.807) is 11.3 Å². The second-order valence-electron chi connectivity index (χ2n) is 3.96. The lowest BCUT2D eigenvalue weighted by molar-refractivity contribution is 0.569. The summed E-state index contributed by atoms with van der Waals surface area (Å²) in [5.41, 5.74) is 2.35. The Morgan fingerprint density at radius 2 is 2.38 bits per heavy atom. The van der Waals surface area contributed by atoms with Crippen molar-refractivity contribution in [2.24, 2.45) is 7.05 Å². The maximum atomic E-state index is 4.37. The van der Waals surface area contributed by atoms with Gasteiger partial charge in [0, 0.05) is 30.1 Å². The van der Waals surface area contributed by atoms with Crippen LogP contribution in [0.5, 0.6) is 0 Å². The van der Waals surface area contributed by atoms with E-state index in [0.717, 1.165) is 12.1 Å². The van der Waals surface area contributed by atoms with E-state index in [2.05, 4.69) is 34.0 Å². The lowest BCUT2D eigenvalue weighted by Gasteiger charge is -2.14. The molecule has 0 aliphatic rings. The van der Waals surface area contributed by atoms with Gasteiger partial charge in [-0.05, 0) is 31.5 Å². The smallest absolute Gasteiger partial charge is 0.0596 e. The fourth-order valence-corrected chi connectivity index (χ4v) is 2.74. The molecule has 0 aromatic carbocycles. The second kappa shape index (κ2) is 4.80. The second-order valence-corrected chi connectivity index (χ2v) is 4.94. The van der Waals surface area contributed by atoms with Crippen molar-refractivity contribution in [3.8, 4) is 0 Å². The van der Waals surface area contributed by atoms with Crippen molar-refractivity contribution in [3.63, 3.8) is 0 Å². The van der Waals surface area contributed by atoms with Crippen molar-refractivity contribution in [3.05, 3.63) is 39.8 Å². The van der Waals surface area contributed by atoms with E-state index in [1.165, 1.54) is 10.6 Å². The van der Waals surface area contributed by atoms with Gasteiger partial charge in [0.1, 0.15) is 0 Å². The Balaban J connectivity index is 2.16. The van der Waals surface area contributed by atoms with Crippen LogP contribution in [0.4, 0.5) is 0 Å². The fourth-order valence-electron chi connectivity index (χ4n) is 1.90. The van der Waals surface area contributed by atoms with Crippen LogP contribution < -0.4 is 5.32 Å². The Morgan fingerprint density at radius 3 is 2.88 bits per heavy atom. The average molecular weight is 235 g/mol. The van der Waals surface area contributed by atoms with Crippen LogP contribution in [-0.4, -0.2) is 16.8 Å². The summed E-state index contributed by atoms with van der Waals surface area (Å²) in [7, 11) is 4.01. The van der Waals surface area contributed by atoms with Gasteiger partial charge in [-0.2, -0.15) is 5.10 Å². The maximum Gasteiger partial charge on any atom is 0.0596 e. The Hall–Kier alpha value is -1.13. The third kappa shape index (κ3) is 2.33. The van der Waals surface area contributed by atoms with Crippen LogP contribution in [0.3, 0.4) is 0 Å². The van der Waals surface area contributed by atoms with Crippen molar-refractivity contribution >= 4 is 11.3 Å². The molecule has 0 bridgehead atoms. The number of rotatable bonds is 4. The zero-order chi connectivity index (χ0) is 11.5. The van der Waals surface area contributed by atoms with Gasteiger partial charge in [-0.15, -0.1) is 11.3 Å². The molecular weight excluding hydrogens is 218 g/mol. The first-order chi connectivity index (χ1) is 7.70. The van der Waals surface area contributed by atoms with Gasteiger partial charge in [0.05, 0.1) is 5.69 Å². The lowest BCUT2D eigenvalue weighted by Crippen LogP contribution is -2.19. The minimum Gasteiger partial charge on any atom is -0.312 e. The summed E-state index contributed by atoms with van der Waals surface area (Å²) < 4.78 is 1.97. The summed E-state index contributed by atoms with van der Waals surface area (Å²) in [5.74, 6) is 0. The Bertz CT molecular complexity index is 445. The number of aryl methyl sites for hydroxylation is 2. The van der Waals surface area contributed by atoms with Gasteiger partial charge >= 0.3 is 0 Å². The number of hydrogen-bond donors (Lipinski definition) is 1. The van der Waals surface area contributed by atoms with Gasteiger partial charge in [-0.3, -0.25) is 4.68 Å². The van der Waals surface area contributed by atoms with E-state index >= 15 is 0 Å². The first kappa shape index (κ1) is 11.4. The predicted octanol–water partition coefficient (Wildman–Crippen LogP) is 2.29. The Morgan fingerprint density at radius 1 is 1.56 bits per heavy atom. The Kier molecular flexibility index (Phi) is 3.41. The van der Waals surface area contributed by atoms with Crippen LogP contribution in [0.1, 0.15) is 22.3 Å². The number of likely N-dealkylation sites (N-methyl/N-ethyl adjacent to an activating group) is 1. The molecular formula is C12H17N3S. The number of nitrogens with one attached hydrogen (secondary N) is 1. The molecule has 4 heteroatoms. The van der Waals surface area contributed by atoms with Crippen molar-refractivity contribution in [1.29, 1.82) is 0 Å². The quantitative estimate of drug-likeness (QED) is 0.881. The third-order valence-electron chi connectivity index (χ3n) is 2.75. The monoisotopic (exact) mass is 235 g/mol. The van der Waals surface area contributed by atoms with E-state index in [1.807, 2.05) is 25.7 Å². The summed E-state index contributed by atoms with van der Waals surface area (Å²) in [4.78, 5) is 1.38. The summed E-state index contributed by atoms with van der Waals surface area (Å²) in [6.07, 6.45) is 0.981. The van der Waals surface area contributed by atoms with Crippen LogP contribution in [0, 0.1) is 6.92 Å². The zero-order valence-corrected chi connectivity index (χ0v) is 10.7. The number of hydrogen-bond acceptors (Lipinski definition) is 3. The maximum absolute atomic E-state index is 4.37. The van der Waals surface area contributed by atoms with Crippen molar-refractivity contribution < 1.29 is 0 Å². The number of nitrogens with zero attached hydrogens (tertiary/aromatic N) is 2. The molecule has 86 valence electrons. The van der Waals surface area contributed by atoms with Gasteiger partial charge < -0.3 is 5.32 Å². The highest BCUT2D eigenvalue weighted by molar-refractivity contribution is 7.10. The number of thiophene rings is 1. The van der Waals surface area contributed by atoms with E-state index in [4.69, 9.17) is 0 Å². The summed E-state index contributed by atoms with van der Waals surface area (Å²) in [6, 6.07) is 6.81. The number of aromatic nitrogens is 2. The fraction of sp³-hybridized carbons (Fsp3) is 0.417. The molecule has 16 heavy (non-hydrogen) atoms. The van der Waals surface area contributed by atoms with Gasteiger partial charge in [-0.1, -0.05) is 6.07 Å². The van der Waals surface area contributed by atoms with Crippen molar-refractivity contribution in [2.45, 2.75) is 19.4 Å². The standard InChI is InChI=1S/C12H17N3S/c1-9-7-10(15(3)14-9)8-11(13-2)12-5-4-6-16-12/h4-7,11,13H,8H2,1-3H3. The predicted molar refractivity (Wildman–Crippen MR) is 67.8 cm³/mol. The molecule has 0 saturated carbocycles. The largest absolute Gasteiger partial charge is 0.312 e. The van der Waals surface area contributed by atoms with Crippen molar-refractivity contribution in [1.82, 2.24) is 15.1 Å². The van der Waals surface area contributed by atoms with Crippen LogP contribution >= 0.6 is 11.3 Å². The van der Waals surface area contributed by atoms with E-state index in [9.17, 15) is 0 Å². The van der Waals surface area contributed by atoms with Gasteiger partial charge in [0.2, 0.25) is 0 Å². The van der Waals surface area contributed by atoms with Gasteiger partial charge in [0.25, 0.3) is 0 Å². The summed E-state index contributed by atoms with van der Waals surface area (Å²) in [6.45, 7) is 2.03. The summed E-state index contributed by atoms with van der Waals surface area (Å²) >= 11 is 1.80. The first-order valence-corrected chi connectivity index (χ1v) is 6.29. The molecule has 0 fully saturated rings. The van der Waals surface area contributed by atoms with E-state index < -0.39 is 0 Å². The molecule has 1 unspecified atom stereocenters. The molecule has 0 aliphatic heterocycles. The molecule has 2 rings (SSSR count).